The summed E-state index contributed by atoms with van der Waals surface area (Å²) in [4.78, 5) is 29.1. The molecule has 1 fully saturated rings. The van der Waals surface area contributed by atoms with Gasteiger partial charge in [-0.25, -0.2) is 9.18 Å². The van der Waals surface area contributed by atoms with E-state index in [1.807, 2.05) is 13.0 Å². The molecule has 1 aliphatic heterocycles. The van der Waals surface area contributed by atoms with E-state index in [0.29, 0.717) is 10.6 Å². The standard InChI is InChI=1S/C21H14ClFN4O2/c1-11-16(22)5-4-15-14(9-25-19(11)15)7-18-20(28)27(21(29)26-18)10-12-2-3-13(8-24)17(23)6-12/h2-7,9,25H,10H2,1H3,(H,26,29). The van der Waals surface area contributed by atoms with Crippen LogP contribution in [0.25, 0.3) is 17.0 Å². The van der Waals surface area contributed by atoms with Gasteiger partial charge in [-0.05, 0) is 42.3 Å². The lowest BCUT2D eigenvalue weighted by molar-refractivity contribution is -0.123. The molecule has 1 aromatic heterocycles. The number of amides is 3. The van der Waals surface area contributed by atoms with Gasteiger partial charge in [-0.15, -0.1) is 0 Å². The molecule has 6 nitrogen and oxygen atoms in total. The number of aromatic amines is 1. The van der Waals surface area contributed by atoms with Gasteiger partial charge in [0.1, 0.15) is 17.6 Å². The molecule has 3 aromatic rings. The highest BCUT2D eigenvalue weighted by Crippen LogP contribution is 2.29. The Morgan fingerprint density at radius 3 is 2.79 bits per heavy atom. The van der Waals surface area contributed by atoms with Crippen molar-refractivity contribution in [1.29, 1.82) is 5.26 Å². The Kier molecular flexibility index (Phi) is 4.57. The maximum atomic E-state index is 13.8. The van der Waals surface area contributed by atoms with E-state index in [0.717, 1.165) is 33.0 Å². The van der Waals surface area contributed by atoms with Gasteiger partial charge in [0.25, 0.3) is 5.91 Å². The molecule has 4 rings (SSSR count). The average molecular weight is 409 g/mol. The van der Waals surface area contributed by atoms with Gasteiger partial charge in [0.05, 0.1) is 17.6 Å². The fourth-order valence-corrected chi connectivity index (χ4v) is 3.42. The molecular formula is C21H14ClFN4O2. The van der Waals surface area contributed by atoms with Crippen LogP contribution in [0.4, 0.5) is 9.18 Å². The molecule has 2 aromatic carbocycles. The first-order valence-corrected chi connectivity index (χ1v) is 9.06. The molecule has 1 saturated heterocycles. The van der Waals surface area contributed by atoms with E-state index in [4.69, 9.17) is 16.9 Å². The Morgan fingerprint density at radius 2 is 2.07 bits per heavy atom. The van der Waals surface area contributed by atoms with Crippen LogP contribution in [0.1, 0.15) is 22.3 Å². The van der Waals surface area contributed by atoms with Gasteiger partial charge >= 0.3 is 6.03 Å². The topological polar surface area (TPSA) is 89.0 Å². The number of imide groups is 1. The summed E-state index contributed by atoms with van der Waals surface area (Å²) in [7, 11) is 0. The number of H-pyrrole nitrogens is 1. The van der Waals surface area contributed by atoms with Crippen LogP contribution in [0.2, 0.25) is 5.02 Å². The normalized spacial score (nSPS) is 15.2. The van der Waals surface area contributed by atoms with Gasteiger partial charge in [0, 0.05) is 22.2 Å². The number of halogens is 2. The minimum atomic E-state index is -0.694. The first kappa shape index (κ1) is 18.7. The summed E-state index contributed by atoms with van der Waals surface area (Å²) in [6.45, 7) is 1.78. The molecule has 0 aliphatic carbocycles. The Bertz CT molecular complexity index is 1260. The minimum absolute atomic E-state index is 0.0960. The van der Waals surface area contributed by atoms with E-state index >= 15 is 0 Å². The van der Waals surface area contributed by atoms with Crippen LogP contribution in [0.15, 0.2) is 42.2 Å². The molecule has 29 heavy (non-hydrogen) atoms. The number of rotatable bonds is 3. The van der Waals surface area contributed by atoms with E-state index < -0.39 is 17.8 Å². The van der Waals surface area contributed by atoms with Gasteiger partial charge in [0.15, 0.2) is 0 Å². The van der Waals surface area contributed by atoms with Crippen LogP contribution in [-0.2, 0) is 11.3 Å². The summed E-state index contributed by atoms with van der Waals surface area (Å²) in [5.41, 5.74) is 2.91. The molecule has 0 bridgehead atoms. The molecule has 0 radical (unpaired) electrons. The van der Waals surface area contributed by atoms with E-state index in [-0.39, 0.29) is 17.8 Å². The molecular weight excluding hydrogens is 395 g/mol. The van der Waals surface area contributed by atoms with E-state index in [1.165, 1.54) is 12.1 Å². The molecule has 2 N–H and O–H groups in total. The van der Waals surface area contributed by atoms with Crippen LogP contribution in [0.5, 0.6) is 0 Å². The summed E-state index contributed by atoms with van der Waals surface area (Å²) in [6, 6.07) is 8.73. The number of benzene rings is 2. The summed E-state index contributed by atoms with van der Waals surface area (Å²) in [6.07, 6.45) is 3.32. The highest BCUT2D eigenvalue weighted by Gasteiger charge is 2.33. The van der Waals surface area contributed by atoms with E-state index in [2.05, 4.69) is 10.3 Å². The Balaban J connectivity index is 1.62. The highest BCUT2D eigenvalue weighted by molar-refractivity contribution is 6.32. The van der Waals surface area contributed by atoms with Crippen molar-refractivity contribution < 1.29 is 14.0 Å². The third-order valence-corrected chi connectivity index (χ3v) is 5.25. The second-order valence-corrected chi connectivity index (χ2v) is 7.05. The number of nitrogens with one attached hydrogen (secondary N) is 2. The van der Waals surface area contributed by atoms with Crippen LogP contribution in [0, 0.1) is 24.1 Å². The van der Waals surface area contributed by atoms with Crippen molar-refractivity contribution in [1.82, 2.24) is 15.2 Å². The second kappa shape index (κ2) is 7.08. The largest absolute Gasteiger partial charge is 0.360 e. The van der Waals surface area contributed by atoms with Gasteiger partial charge < -0.3 is 10.3 Å². The first-order valence-electron chi connectivity index (χ1n) is 8.68. The Morgan fingerprint density at radius 1 is 1.28 bits per heavy atom. The van der Waals surface area contributed by atoms with Crippen LogP contribution in [-0.4, -0.2) is 21.8 Å². The van der Waals surface area contributed by atoms with Crippen molar-refractivity contribution in [3.05, 3.63) is 75.3 Å². The number of aromatic nitrogens is 1. The van der Waals surface area contributed by atoms with Crippen molar-refractivity contribution in [2.45, 2.75) is 13.5 Å². The molecule has 144 valence electrons. The fraction of sp³-hybridized carbons (Fsp3) is 0.0952. The molecule has 0 unspecified atom stereocenters. The molecule has 8 heteroatoms. The molecule has 0 spiro atoms. The lowest BCUT2D eigenvalue weighted by Gasteiger charge is -2.12. The third-order valence-electron chi connectivity index (χ3n) is 4.84. The number of hydrogen-bond donors (Lipinski definition) is 2. The number of hydrogen-bond acceptors (Lipinski definition) is 3. The van der Waals surface area contributed by atoms with Crippen LogP contribution >= 0.6 is 11.6 Å². The zero-order valence-electron chi connectivity index (χ0n) is 15.2. The Labute approximate surface area is 170 Å². The number of nitrogens with zero attached hydrogens (tertiary/aromatic N) is 2. The van der Waals surface area contributed by atoms with E-state index in [1.54, 1.807) is 24.4 Å². The maximum absolute atomic E-state index is 13.8. The molecule has 0 atom stereocenters. The van der Waals surface area contributed by atoms with Gasteiger partial charge in [-0.3, -0.25) is 9.69 Å². The lowest BCUT2D eigenvalue weighted by Crippen LogP contribution is -2.30. The smallest absolute Gasteiger partial charge is 0.329 e. The SMILES string of the molecule is Cc1c(Cl)ccc2c(C=C3NC(=O)N(Cc4ccc(C#N)c(F)c4)C3=O)c[nH]c12. The lowest BCUT2D eigenvalue weighted by atomic mass is 10.1. The van der Waals surface area contributed by atoms with Crippen molar-refractivity contribution >= 4 is 40.5 Å². The predicted octanol–water partition coefficient (Wildman–Crippen LogP) is 4.23. The molecule has 3 amide bonds. The number of carbonyl (C=O) groups excluding carboxylic acids is 2. The van der Waals surface area contributed by atoms with Crippen molar-refractivity contribution in [2.75, 3.05) is 0 Å². The zero-order chi connectivity index (χ0) is 20.7. The fourth-order valence-electron chi connectivity index (χ4n) is 3.26. The minimum Gasteiger partial charge on any atom is -0.360 e. The average Bonchev–Trinajstić information content (AvgIpc) is 3.22. The first-order chi connectivity index (χ1) is 13.9. The summed E-state index contributed by atoms with van der Waals surface area (Å²) < 4.78 is 13.8. The third kappa shape index (κ3) is 3.24. The summed E-state index contributed by atoms with van der Waals surface area (Å²) >= 11 is 6.14. The second-order valence-electron chi connectivity index (χ2n) is 6.64. The number of nitriles is 1. The molecule has 0 saturated carbocycles. The predicted molar refractivity (Wildman–Crippen MR) is 106 cm³/mol. The summed E-state index contributed by atoms with van der Waals surface area (Å²) in [5, 5.41) is 12.9. The van der Waals surface area contributed by atoms with Gasteiger partial charge in [-0.2, -0.15) is 5.26 Å². The van der Waals surface area contributed by atoms with Crippen molar-refractivity contribution in [3.63, 3.8) is 0 Å². The zero-order valence-corrected chi connectivity index (χ0v) is 16.0. The van der Waals surface area contributed by atoms with Crippen LogP contribution < -0.4 is 5.32 Å². The van der Waals surface area contributed by atoms with Crippen molar-refractivity contribution in [2.24, 2.45) is 0 Å². The van der Waals surface area contributed by atoms with Crippen molar-refractivity contribution in [3.8, 4) is 6.07 Å². The van der Waals surface area contributed by atoms with Crippen LogP contribution in [0.3, 0.4) is 0 Å². The highest BCUT2D eigenvalue weighted by atomic mass is 35.5. The number of carbonyl (C=O) groups is 2. The molecule has 2 heterocycles. The number of aryl methyl sites for hydroxylation is 1. The van der Waals surface area contributed by atoms with Gasteiger partial charge in [-0.1, -0.05) is 23.7 Å². The maximum Gasteiger partial charge on any atom is 0.329 e. The Hall–Kier alpha value is -3.63. The summed E-state index contributed by atoms with van der Waals surface area (Å²) in [5.74, 6) is -1.21. The van der Waals surface area contributed by atoms with E-state index in [9.17, 15) is 14.0 Å². The molecule has 1 aliphatic rings. The number of urea groups is 1. The monoisotopic (exact) mass is 408 g/mol. The quantitative estimate of drug-likeness (QED) is 0.502. The van der Waals surface area contributed by atoms with Gasteiger partial charge in [0.2, 0.25) is 0 Å². The number of fused-ring (bicyclic) bond motifs is 1.